The summed E-state index contributed by atoms with van der Waals surface area (Å²) in [7, 11) is -1.07. The van der Waals surface area contributed by atoms with Gasteiger partial charge in [0.2, 0.25) is 0 Å². The minimum absolute atomic E-state index is 0.465. The van der Waals surface area contributed by atoms with E-state index in [1.54, 1.807) is 0 Å². The molecule has 6 heteroatoms. The van der Waals surface area contributed by atoms with Crippen molar-refractivity contribution in [3.05, 3.63) is 63.4 Å². The maximum atomic E-state index is 10.6. The number of hydrogen-bond donors (Lipinski definition) is 1. The van der Waals surface area contributed by atoms with Crippen LogP contribution in [0.15, 0.2) is 48.7 Å². The van der Waals surface area contributed by atoms with Gasteiger partial charge in [-0.3, -0.25) is 0 Å². The van der Waals surface area contributed by atoms with E-state index in [9.17, 15) is 5.11 Å². The summed E-state index contributed by atoms with van der Waals surface area (Å²) in [6.45, 7) is 8.29. The van der Waals surface area contributed by atoms with E-state index in [1.807, 2.05) is 53.3 Å². The molecule has 0 radical (unpaired) electrons. The molecule has 0 spiro atoms. The first-order chi connectivity index (χ1) is 12.3. The SMILES string of the molecule is C[Si](C)(C)CCOCn1ncc2cc([C@@H](O)c3ccc(I)cc3)ccc21. The quantitative estimate of drug-likeness (QED) is 0.293. The fourth-order valence-electron chi connectivity index (χ4n) is 2.75. The molecule has 0 fully saturated rings. The van der Waals surface area contributed by atoms with Crippen LogP contribution in [0.4, 0.5) is 0 Å². The summed E-state index contributed by atoms with van der Waals surface area (Å²) < 4.78 is 8.84. The minimum Gasteiger partial charge on any atom is -0.384 e. The number of aromatic nitrogens is 2. The van der Waals surface area contributed by atoms with Crippen LogP contribution in [-0.2, 0) is 11.5 Å². The third-order valence-corrected chi connectivity index (χ3v) is 6.80. The highest BCUT2D eigenvalue weighted by atomic mass is 127. The zero-order valence-corrected chi connectivity index (χ0v) is 18.6. The summed E-state index contributed by atoms with van der Waals surface area (Å²) in [4.78, 5) is 0. The Bertz CT molecular complexity index is 872. The first-order valence-corrected chi connectivity index (χ1v) is 13.6. The predicted octanol–water partition coefficient (Wildman–Crippen LogP) is 5.03. The van der Waals surface area contributed by atoms with Crippen molar-refractivity contribution >= 4 is 41.6 Å². The van der Waals surface area contributed by atoms with E-state index in [2.05, 4.69) is 47.3 Å². The maximum Gasteiger partial charge on any atom is 0.139 e. The van der Waals surface area contributed by atoms with Crippen molar-refractivity contribution in [1.29, 1.82) is 0 Å². The summed E-state index contributed by atoms with van der Waals surface area (Å²) in [6, 6.07) is 15.1. The van der Waals surface area contributed by atoms with E-state index >= 15 is 0 Å². The number of fused-ring (bicyclic) bond motifs is 1. The summed E-state index contributed by atoms with van der Waals surface area (Å²) in [5, 5.41) is 16.1. The predicted molar refractivity (Wildman–Crippen MR) is 117 cm³/mol. The highest BCUT2D eigenvalue weighted by Gasteiger charge is 2.14. The van der Waals surface area contributed by atoms with Gasteiger partial charge in [0.1, 0.15) is 12.8 Å². The van der Waals surface area contributed by atoms with Crippen LogP contribution in [0.3, 0.4) is 0 Å². The van der Waals surface area contributed by atoms with Crippen molar-refractivity contribution in [3.8, 4) is 0 Å². The van der Waals surface area contributed by atoms with Crippen LogP contribution in [0.1, 0.15) is 17.2 Å². The monoisotopic (exact) mass is 480 g/mol. The lowest BCUT2D eigenvalue weighted by Crippen LogP contribution is -2.22. The van der Waals surface area contributed by atoms with Crippen LogP contribution in [0.2, 0.25) is 25.7 Å². The molecule has 0 bridgehead atoms. The Morgan fingerprint density at radius 2 is 1.81 bits per heavy atom. The second-order valence-electron chi connectivity index (χ2n) is 7.76. The Kier molecular flexibility index (Phi) is 6.16. The standard InChI is InChI=1S/C20H25IN2O2Si/c1-26(2,3)11-10-25-14-23-19-9-6-16(12-17(19)13-22-23)20(24)15-4-7-18(21)8-5-15/h4-9,12-13,20,24H,10-11,14H2,1-3H3/t20-/m0/s1. The smallest absolute Gasteiger partial charge is 0.139 e. The van der Waals surface area contributed by atoms with Gasteiger partial charge in [-0.05, 0) is 64.0 Å². The summed E-state index contributed by atoms with van der Waals surface area (Å²) in [6.07, 6.45) is 1.20. The third kappa shape index (κ3) is 4.94. The van der Waals surface area contributed by atoms with Crippen molar-refractivity contribution in [2.24, 2.45) is 0 Å². The number of aliphatic hydroxyl groups is 1. The van der Waals surface area contributed by atoms with E-state index in [-0.39, 0.29) is 0 Å². The lowest BCUT2D eigenvalue weighted by atomic mass is 10.0. The molecule has 0 unspecified atom stereocenters. The summed E-state index contributed by atoms with van der Waals surface area (Å²) in [5.41, 5.74) is 2.79. The van der Waals surface area contributed by atoms with Crippen molar-refractivity contribution in [1.82, 2.24) is 9.78 Å². The van der Waals surface area contributed by atoms with Crippen molar-refractivity contribution in [3.63, 3.8) is 0 Å². The number of halogens is 1. The van der Waals surface area contributed by atoms with E-state index in [0.717, 1.165) is 38.3 Å². The van der Waals surface area contributed by atoms with Crippen molar-refractivity contribution in [2.75, 3.05) is 6.61 Å². The van der Waals surface area contributed by atoms with Crippen LogP contribution in [0.25, 0.3) is 10.9 Å². The van der Waals surface area contributed by atoms with E-state index in [0.29, 0.717) is 6.73 Å². The van der Waals surface area contributed by atoms with E-state index < -0.39 is 14.2 Å². The molecule has 0 saturated carbocycles. The second kappa shape index (κ2) is 8.20. The van der Waals surface area contributed by atoms with Gasteiger partial charge in [-0.2, -0.15) is 5.10 Å². The van der Waals surface area contributed by atoms with Gasteiger partial charge in [-0.15, -0.1) is 0 Å². The molecule has 0 aliphatic carbocycles. The Balaban J connectivity index is 1.71. The molecule has 0 aliphatic rings. The largest absolute Gasteiger partial charge is 0.384 e. The number of aliphatic hydroxyl groups excluding tert-OH is 1. The molecule has 0 saturated heterocycles. The molecule has 3 rings (SSSR count). The lowest BCUT2D eigenvalue weighted by Gasteiger charge is -2.15. The average molecular weight is 480 g/mol. The number of ether oxygens (including phenoxy) is 1. The van der Waals surface area contributed by atoms with Gasteiger partial charge < -0.3 is 9.84 Å². The molecule has 2 aromatic carbocycles. The fourth-order valence-corrected chi connectivity index (χ4v) is 3.86. The molecule has 1 heterocycles. The molecule has 1 atom stereocenters. The van der Waals surface area contributed by atoms with Gasteiger partial charge in [-0.1, -0.05) is 37.8 Å². The van der Waals surface area contributed by atoms with Crippen LogP contribution in [-0.4, -0.2) is 29.6 Å². The normalized spacial score (nSPS) is 13.3. The van der Waals surface area contributed by atoms with Gasteiger partial charge in [-0.25, -0.2) is 4.68 Å². The van der Waals surface area contributed by atoms with E-state index in [4.69, 9.17) is 4.74 Å². The molecular formula is C20H25IN2O2Si. The molecular weight excluding hydrogens is 455 g/mol. The van der Waals surface area contributed by atoms with Crippen molar-refractivity contribution < 1.29 is 9.84 Å². The van der Waals surface area contributed by atoms with Gasteiger partial charge in [0.05, 0.1) is 11.7 Å². The van der Waals surface area contributed by atoms with Crippen molar-refractivity contribution in [2.45, 2.75) is 38.5 Å². The lowest BCUT2D eigenvalue weighted by molar-refractivity contribution is 0.0817. The summed E-state index contributed by atoms with van der Waals surface area (Å²) in [5.74, 6) is 0. The van der Waals surface area contributed by atoms with Gasteiger partial charge >= 0.3 is 0 Å². The van der Waals surface area contributed by atoms with E-state index in [1.165, 1.54) is 0 Å². The Morgan fingerprint density at radius 3 is 2.50 bits per heavy atom. The highest BCUT2D eigenvalue weighted by Crippen LogP contribution is 2.26. The highest BCUT2D eigenvalue weighted by molar-refractivity contribution is 14.1. The third-order valence-electron chi connectivity index (χ3n) is 4.38. The molecule has 4 nitrogen and oxygen atoms in total. The maximum absolute atomic E-state index is 10.6. The Morgan fingerprint density at radius 1 is 1.12 bits per heavy atom. The number of hydrogen-bond acceptors (Lipinski definition) is 3. The zero-order valence-electron chi connectivity index (χ0n) is 15.4. The first-order valence-electron chi connectivity index (χ1n) is 8.80. The topological polar surface area (TPSA) is 47.3 Å². The average Bonchev–Trinajstić information content (AvgIpc) is 3.00. The zero-order chi connectivity index (χ0) is 18.7. The molecule has 1 aromatic heterocycles. The molecule has 1 N–H and O–H groups in total. The molecule has 0 amide bonds. The van der Waals surface area contributed by atoms with Gasteiger partial charge in [0, 0.05) is 23.6 Å². The van der Waals surface area contributed by atoms with Crippen LogP contribution < -0.4 is 0 Å². The second-order valence-corrected chi connectivity index (χ2v) is 14.6. The first kappa shape index (κ1) is 19.5. The molecule has 26 heavy (non-hydrogen) atoms. The van der Waals surface area contributed by atoms with Crippen LogP contribution in [0.5, 0.6) is 0 Å². The number of rotatable bonds is 7. The number of benzene rings is 2. The molecule has 0 aliphatic heterocycles. The molecule has 3 aromatic rings. The minimum atomic E-state index is -1.07. The summed E-state index contributed by atoms with van der Waals surface area (Å²) >= 11 is 2.26. The van der Waals surface area contributed by atoms with Crippen LogP contribution >= 0.6 is 22.6 Å². The fraction of sp³-hybridized carbons (Fsp3) is 0.350. The Hall–Kier alpha value is -1.22. The van der Waals surface area contributed by atoms with Gasteiger partial charge in [0.25, 0.3) is 0 Å². The van der Waals surface area contributed by atoms with Gasteiger partial charge in [0.15, 0.2) is 0 Å². The molecule has 138 valence electrons. The van der Waals surface area contributed by atoms with Crippen LogP contribution in [0, 0.1) is 3.57 Å². The number of nitrogens with zero attached hydrogens (tertiary/aromatic N) is 2. The Labute approximate surface area is 169 Å².